The van der Waals surface area contributed by atoms with Gasteiger partial charge in [0, 0.05) is 17.5 Å². The van der Waals surface area contributed by atoms with Crippen LogP contribution in [0.25, 0.3) is 22.3 Å². The van der Waals surface area contributed by atoms with E-state index >= 15 is 0 Å². The molecule has 0 unspecified atom stereocenters. The van der Waals surface area contributed by atoms with E-state index in [0.717, 1.165) is 28.8 Å². The molecule has 0 amide bonds. The fraction of sp³-hybridized carbons (Fsp3) is 0.125. The van der Waals surface area contributed by atoms with Gasteiger partial charge in [0.2, 0.25) is 0 Å². The lowest BCUT2D eigenvalue weighted by Gasteiger charge is -2.02. The van der Waals surface area contributed by atoms with Gasteiger partial charge in [-0.25, -0.2) is 0 Å². The van der Waals surface area contributed by atoms with E-state index in [4.69, 9.17) is 16.0 Å². The second kappa shape index (κ2) is 5.08. The van der Waals surface area contributed by atoms with E-state index in [1.807, 2.05) is 43.4 Å². The Morgan fingerprint density at radius 1 is 1.11 bits per heavy atom. The van der Waals surface area contributed by atoms with Gasteiger partial charge in [-0.2, -0.15) is 0 Å². The van der Waals surface area contributed by atoms with Crippen LogP contribution in [0.5, 0.6) is 0 Å². The summed E-state index contributed by atoms with van der Waals surface area (Å²) in [5.41, 5.74) is 3.05. The molecule has 0 saturated carbocycles. The lowest BCUT2D eigenvalue weighted by atomic mass is 10.1. The smallest absolute Gasteiger partial charge is 0.153 e. The van der Waals surface area contributed by atoms with Gasteiger partial charge in [-0.3, -0.25) is 0 Å². The maximum Gasteiger partial charge on any atom is 0.153 e. The van der Waals surface area contributed by atoms with E-state index in [-0.39, 0.29) is 0 Å². The minimum absolute atomic E-state index is 0.648. The summed E-state index contributed by atoms with van der Waals surface area (Å²) in [6.45, 7) is 0.842. The minimum atomic E-state index is 0.648. The molecule has 3 heteroatoms. The second-order valence-corrected chi connectivity index (χ2v) is 4.91. The fourth-order valence-electron chi connectivity index (χ4n) is 2.21. The van der Waals surface area contributed by atoms with Gasteiger partial charge >= 0.3 is 0 Å². The zero-order valence-electron chi connectivity index (χ0n) is 10.6. The van der Waals surface area contributed by atoms with Crippen LogP contribution in [0.4, 0.5) is 0 Å². The molecule has 0 atom stereocenters. The van der Waals surface area contributed by atoms with Crippen LogP contribution in [0.1, 0.15) is 5.56 Å². The van der Waals surface area contributed by atoms with Crippen molar-refractivity contribution in [3.05, 3.63) is 59.1 Å². The first-order valence-electron chi connectivity index (χ1n) is 6.20. The molecule has 0 bridgehead atoms. The van der Waals surface area contributed by atoms with Crippen molar-refractivity contribution in [1.82, 2.24) is 5.32 Å². The Labute approximate surface area is 117 Å². The lowest BCUT2D eigenvalue weighted by Crippen LogP contribution is -2.04. The van der Waals surface area contributed by atoms with E-state index in [9.17, 15) is 0 Å². The van der Waals surface area contributed by atoms with Gasteiger partial charge in [0.1, 0.15) is 5.76 Å². The van der Waals surface area contributed by atoms with Gasteiger partial charge in [-0.1, -0.05) is 41.9 Å². The number of fused-ring (bicyclic) bond motifs is 1. The zero-order valence-corrected chi connectivity index (χ0v) is 11.4. The monoisotopic (exact) mass is 271 g/mol. The van der Waals surface area contributed by atoms with E-state index in [2.05, 4.69) is 17.4 Å². The highest BCUT2D eigenvalue weighted by atomic mass is 35.5. The van der Waals surface area contributed by atoms with Crippen molar-refractivity contribution in [2.45, 2.75) is 6.54 Å². The van der Waals surface area contributed by atoms with Crippen LogP contribution in [0.3, 0.4) is 0 Å². The third kappa shape index (κ3) is 2.37. The number of para-hydroxylation sites is 1. The largest absolute Gasteiger partial charge is 0.455 e. The van der Waals surface area contributed by atoms with Crippen LogP contribution in [0.15, 0.2) is 52.9 Å². The van der Waals surface area contributed by atoms with Crippen molar-refractivity contribution in [2.24, 2.45) is 0 Å². The molecule has 0 saturated heterocycles. The Hall–Kier alpha value is -1.77. The molecule has 1 aromatic heterocycles. The molecule has 0 radical (unpaired) electrons. The van der Waals surface area contributed by atoms with Crippen LogP contribution in [-0.2, 0) is 6.54 Å². The Morgan fingerprint density at radius 3 is 2.74 bits per heavy atom. The summed E-state index contributed by atoms with van der Waals surface area (Å²) in [6.07, 6.45) is 0. The summed E-state index contributed by atoms with van der Waals surface area (Å²) in [5, 5.41) is 4.82. The molecule has 1 N–H and O–H groups in total. The normalized spacial score (nSPS) is 11.1. The first-order chi connectivity index (χ1) is 9.28. The van der Waals surface area contributed by atoms with E-state index in [1.165, 1.54) is 5.56 Å². The molecule has 3 rings (SSSR count). The van der Waals surface area contributed by atoms with Gasteiger partial charge < -0.3 is 9.73 Å². The lowest BCUT2D eigenvalue weighted by molar-refractivity contribution is 0.631. The number of halogens is 1. The molecule has 0 aliphatic rings. The molecule has 0 aliphatic carbocycles. The third-order valence-electron chi connectivity index (χ3n) is 3.09. The van der Waals surface area contributed by atoms with Crippen molar-refractivity contribution in [2.75, 3.05) is 7.05 Å². The van der Waals surface area contributed by atoms with Crippen LogP contribution in [0.2, 0.25) is 5.02 Å². The highest BCUT2D eigenvalue weighted by Gasteiger charge is 2.08. The molecule has 3 aromatic rings. The van der Waals surface area contributed by atoms with Crippen LogP contribution >= 0.6 is 11.6 Å². The number of nitrogens with one attached hydrogen (secondary N) is 1. The van der Waals surface area contributed by atoms with E-state index in [1.54, 1.807) is 0 Å². The Kier molecular flexibility index (Phi) is 3.28. The summed E-state index contributed by atoms with van der Waals surface area (Å²) in [7, 11) is 1.94. The summed E-state index contributed by atoms with van der Waals surface area (Å²) in [6, 6.07) is 16.1. The highest BCUT2D eigenvalue weighted by molar-refractivity contribution is 6.34. The van der Waals surface area contributed by atoms with Crippen LogP contribution in [0, 0.1) is 0 Å². The first kappa shape index (κ1) is 12.3. The predicted octanol–water partition coefficient (Wildman–Crippen LogP) is 4.47. The van der Waals surface area contributed by atoms with E-state index < -0.39 is 0 Å². The van der Waals surface area contributed by atoms with Crippen molar-refractivity contribution in [3.8, 4) is 11.3 Å². The molecule has 1 heterocycles. The average molecular weight is 272 g/mol. The summed E-state index contributed by atoms with van der Waals surface area (Å²) < 4.78 is 5.87. The number of hydrogen-bond donors (Lipinski definition) is 1. The number of rotatable bonds is 3. The Morgan fingerprint density at radius 2 is 1.95 bits per heavy atom. The van der Waals surface area contributed by atoms with Gasteiger partial charge in [0.25, 0.3) is 0 Å². The Bertz CT molecular complexity index is 718. The summed E-state index contributed by atoms with van der Waals surface area (Å²) >= 11 is 6.14. The number of benzene rings is 2. The van der Waals surface area contributed by atoms with Crippen molar-refractivity contribution in [1.29, 1.82) is 0 Å². The summed E-state index contributed by atoms with van der Waals surface area (Å²) in [5.74, 6) is 0.848. The molecule has 0 fully saturated rings. The fourth-order valence-corrected chi connectivity index (χ4v) is 2.43. The maximum atomic E-state index is 6.14. The molecule has 2 nitrogen and oxygen atoms in total. The van der Waals surface area contributed by atoms with Gasteiger partial charge in [0.15, 0.2) is 5.58 Å². The number of hydrogen-bond acceptors (Lipinski definition) is 2. The average Bonchev–Trinajstić information content (AvgIpc) is 2.85. The quantitative estimate of drug-likeness (QED) is 0.760. The molecule has 0 aliphatic heterocycles. The molecular weight excluding hydrogens is 258 g/mol. The first-order valence-corrected chi connectivity index (χ1v) is 6.58. The standard InChI is InChI=1S/C16H14ClNO/c1-18-10-11-4-2-5-12(8-11)15-9-13-6-3-7-14(17)16(13)19-15/h2-9,18H,10H2,1H3. The summed E-state index contributed by atoms with van der Waals surface area (Å²) in [4.78, 5) is 0. The zero-order chi connectivity index (χ0) is 13.2. The molecule has 0 spiro atoms. The van der Waals surface area contributed by atoms with E-state index in [0.29, 0.717) is 5.02 Å². The molecular formula is C16H14ClNO. The van der Waals surface area contributed by atoms with Gasteiger partial charge in [-0.15, -0.1) is 0 Å². The van der Waals surface area contributed by atoms with Crippen LogP contribution < -0.4 is 5.32 Å². The van der Waals surface area contributed by atoms with Crippen molar-refractivity contribution >= 4 is 22.6 Å². The second-order valence-electron chi connectivity index (χ2n) is 4.50. The third-order valence-corrected chi connectivity index (χ3v) is 3.39. The predicted molar refractivity (Wildman–Crippen MR) is 79.4 cm³/mol. The minimum Gasteiger partial charge on any atom is -0.455 e. The van der Waals surface area contributed by atoms with Crippen molar-refractivity contribution in [3.63, 3.8) is 0 Å². The molecule has 96 valence electrons. The SMILES string of the molecule is CNCc1cccc(-c2cc3cccc(Cl)c3o2)c1. The van der Waals surface area contributed by atoms with Crippen molar-refractivity contribution < 1.29 is 4.42 Å². The Balaban J connectivity index is 2.08. The topological polar surface area (TPSA) is 25.2 Å². The number of furan rings is 1. The highest BCUT2D eigenvalue weighted by Crippen LogP contribution is 2.32. The molecule has 19 heavy (non-hydrogen) atoms. The van der Waals surface area contributed by atoms with Crippen LogP contribution in [-0.4, -0.2) is 7.05 Å². The van der Waals surface area contributed by atoms with Gasteiger partial charge in [0.05, 0.1) is 5.02 Å². The maximum absolute atomic E-state index is 6.14. The van der Waals surface area contributed by atoms with Gasteiger partial charge in [-0.05, 0) is 30.8 Å². The molecule has 2 aromatic carbocycles.